The number of hydrogen-bond donors (Lipinski definition) is 0. The highest BCUT2D eigenvalue weighted by Gasteiger charge is 2.08. The van der Waals surface area contributed by atoms with Gasteiger partial charge in [0, 0.05) is 6.07 Å². The third-order valence-electron chi connectivity index (χ3n) is 1.21. The van der Waals surface area contributed by atoms with Gasteiger partial charge in [-0.3, -0.25) is 10.1 Å². The molecule has 0 heterocycles. The maximum absolute atomic E-state index is 10.3. The predicted octanol–water partition coefficient (Wildman–Crippen LogP) is 1.82. The van der Waals surface area contributed by atoms with E-state index in [9.17, 15) is 10.1 Å². The summed E-state index contributed by atoms with van der Waals surface area (Å²) in [6, 6.07) is 6.23. The van der Waals surface area contributed by atoms with Crippen molar-refractivity contribution in [3.63, 3.8) is 0 Å². The van der Waals surface area contributed by atoms with Gasteiger partial charge in [0.25, 0.3) is 5.69 Å². The highest BCUT2D eigenvalue weighted by Crippen LogP contribution is 2.14. The number of nitro groups is 1. The van der Waals surface area contributed by atoms with E-state index in [-0.39, 0.29) is 5.69 Å². The second kappa shape index (κ2) is 3.21. The Kier molecular flexibility index (Phi) is 2.28. The van der Waals surface area contributed by atoms with E-state index in [1.54, 1.807) is 18.2 Å². The van der Waals surface area contributed by atoms with E-state index < -0.39 is 4.92 Å². The van der Waals surface area contributed by atoms with E-state index in [2.05, 4.69) is 17.6 Å². The molecule has 0 fully saturated rings. The fourth-order valence-corrected chi connectivity index (χ4v) is 0.892. The largest absolute Gasteiger partial charge is 0.278 e. The van der Waals surface area contributed by atoms with Gasteiger partial charge in [0.2, 0.25) is 0 Å². The van der Waals surface area contributed by atoms with E-state index in [4.69, 9.17) is 0 Å². The zero-order valence-corrected chi connectivity index (χ0v) is 6.30. The summed E-state index contributed by atoms with van der Waals surface area (Å²) >= 11 is 4.47. The average Bonchev–Trinajstić information content (AvgIpc) is 2.04. The summed E-state index contributed by atoms with van der Waals surface area (Å²) in [6.07, 6.45) is 0. The van der Waals surface area contributed by atoms with Crippen LogP contribution in [-0.2, 0) is 0 Å². The minimum absolute atomic E-state index is 0.00231. The van der Waals surface area contributed by atoms with Crippen molar-refractivity contribution < 1.29 is 4.92 Å². The van der Waals surface area contributed by atoms with E-state index in [1.807, 2.05) is 0 Å². The molecule has 4 heteroatoms. The van der Waals surface area contributed by atoms with Gasteiger partial charge in [-0.25, -0.2) is 0 Å². The van der Waals surface area contributed by atoms with Crippen molar-refractivity contribution >= 4 is 23.3 Å². The van der Waals surface area contributed by atoms with E-state index in [1.165, 1.54) is 6.07 Å². The van der Waals surface area contributed by atoms with Crippen molar-refractivity contribution in [2.75, 3.05) is 0 Å². The Balaban J connectivity index is 3.22. The molecule has 0 bridgehead atoms. The summed E-state index contributed by atoms with van der Waals surface area (Å²) in [6.45, 7) is 0. The molecule has 1 radical (unpaired) electrons. The molecule has 3 nitrogen and oxygen atoms in total. The first kappa shape index (κ1) is 7.81. The number of para-hydroxylation sites is 1. The number of nitrogens with zero attached hydrogens (tertiary/aromatic N) is 1. The summed E-state index contributed by atoms with van der Waals surface area (Å²) in [5.74, 6) is 0. The lowest BCUT2D eigenvalue weighted by Crippen LogP contribution is -1.92. The molecule has 55 valence electrons. The smallest absolute Gasteiger partial charge is 0.258 e. The Labute approximate surface area is 68.8 Å². The molecule has 0 amide bonds. The predicted molar refractivity (Wildman–Crippen MR) is 44.8 cm³/mol. The number of benzene rings is 1. The Hall–Kier alpha value is -1.29. The van der Waals surface area contributed by atoms with Crippen LogP contribution >= 0.6 is 12.2 Å². The molecule has 11 heavy (non-hydrogen) atoms. The first-order chi connectivity index (χ1) is 5.25. The summed E-state index contributed by atoms with van der Waals surface area (Å²) in [7, 11) is 0. The Morgan fingerprint density at radius 3 is 2.55 bits per heavy atom. The number of hydrogen-bond acceptors (Lipinski definition) is 3. The molecule has 1 aromatic rings. The number of nitro benzene ring substituents is 1. The minimum atomic E-state index is -0.478. The second-order valence-corrected chi connectivity index (χ2v) is 2.08. The molecule has 0 saturated carbocycles. The van der Waals surface area contributed by atoms with Crippen molar-refractivity contribution in [3.8, 4) is 0 Å². The number of thiocarbonyl (C=S) groups is 1. The molecule has 0 atom stereocenters. The number of rotatable bonds is 2. The van der Waals surface area contributed by atoms with Crippen LogP contribution in [0.15, 0.2) is 24.3 Å². The van der Waals surface area contributed by atoms with Crippen molar-refractivity contribution in [1.29, 1.82) is 0 Å². The maximum atomic E-state index is 10.3. The fraction of sp³-hybridized carbons (Fsp3) is 0. The minimum Gasteiger partial charge on any atom is -0.258 e. The van der Waals surface area contributed by atoms with Gasteiger partial charge < -0.3 is 0 Å². The zero-order valence-electron chi connectivity index (χ0n) is 5.48. The standard InChI is InChI=1S/C7H4NO2S/c9-8(10)7-4-2-1-3-6(7)5-11/h1-4H. The summed E-state index contributed by atoms with van der Waals surface area (Å²) in [5.41, 5.74) is 0.356. The molecule has 0 aliphatic heterocycles. The molecule has 0 aliphatic carbocycles. The van der Waals surface area contributed by atoms with Crippen molar-refractivity contribution in [2.45, 2.75) is 0 Å². The van der Waals surface area contributed by atoms with Crippen LogP contribution in [0.5, 0.6) is 0 Å². The van der Waals surface area contributed by atoms with Crippen LogP contribution in [0.4, 0.5) is 5.69 Å². The topological polar surface area (TPSA) is 43.1 Å². The van der Waals surface area contributed by atoms with Gasteiger partial charge in [0.15, 0.2) is 0 Å². The Morgan fingerprint density at radius 1 is 1.45 bits per heavy atom. The first-order valence-electron chi connectivity index (χ1n) is 2.87. The molecule has 0 N–H and O–H groups in total. The van der Waals surface area contributed by atoms with Crippen molar-refractivity contribution in [3.05, 3.63) is 39.9 Å². The molecule has 1 aromatic carbocycles. The quantitative estimate of drug-likeness (QED) is 0.382. The summed E-state index contributed by atoms with van der Waals surface area (Å²) in [5, 5.41) is 12.6. The third kappa shape index (κ3) is 1.59. The van der Waals surface area contributed by atoms with Gasteiger partial charge in [-0.1, -0.05) is 24.4 Å². The Morgan fingerprint density at radius 2 is 2.09 bits per heavy atom. The fourth-order valence-electron chi connectivity index (χ4n) is 0.719. The van der Waals surface area contributed by atoms with Gasteiger partial charge >= 0.3 is 0 Å². The van der Waals surface area contributed by atoms with Crippen molar-refractivity contribution in [2.24, 2.45) is 0 Å². The molecule has 0 aliphatic rings. The maximum Gasteiger partial charge on any atom is 0.278 e. The van der Waals surface area contributed by atoms with Crippen LogP contribution in [0.25, 0.3) is 0 Å². The van der Waals surface area contributed by atoms with E-state index in [0.717, 1.165) is 0 Å². The highest BCUT2D eigenvalue weighted by molar-refractivity contribution is 7.79. The monoisotopic (exact) mass is 166 g/mol. The van der Waals surface area contributed by atoms with E-state index in [0.29, 0.717) is 5.56 Å². The first-order valence-corrected chi connectivity index (χ1v) is 3.28. The highest BCUT2D eigenvalue weighted by atomic mass is 32.1. The van der Waals surface area contributed by atoms with Gasteiger partial charge in [0.05, 0.1) is 15.9 Å². The molecular weight excluding hydrogens is 162 g/mol. The van der Waals surface area contributed by atoms with E-state index >= 15 is 0 Å². The van der Waals surface area contributed by atoms with Crippen LogP contribution in [0.3, 0.4) is 0 Å². The molecule has 1 rings (SSSR count). The summed E-state index contributed by atoms with van der Waals surface area (Å²) < 4.78 is 0. The Bertz CT molecular complexity index is 298. The van der Waals surface area contributed by atoms with Gasteiger partial charge in [-0.05, 0) is 6.07 Å². The van der Waals surface area contributed by atoms with Crippen LogP contribution in [0.2, 0.25) is 0 Å². The molecule has 0 spiro atoms. The van der Waals surface area contributed by atoms with Gasteiger partial charge in [-0.2, -0.15) is 0 Å². The average molecular weight is 166 g/mol. The van der Waals surface area contributed by atoms with Crippen LogP contribution in [-0.4, -0.2) is 10.3 Å². The van der Waals surface area contributed by atoms with Crippen LogP contribution in [0.1, 0.15) is 5.56 Å². The van der Waals surface area contributed by atoms with Gasteiger partial charge in [-0.15, -0.1) is 0 Å². The lowest BCUT2D eigenvalue weighted by Gasteiger charge is -1.92. The second-order valence-electron chi connectivity index (χ2n) is 1.88. The lowest BCUT2D eigenvalue weighted by atomic mass is 10.2. The lowest BCUT2D eigenvalue weighted by molar-refractivity contribution is -0.385. The SMILES string of the molecule is O=[N+]([O-])c1ccccc1[C]=S. The molecule has 0 unspecified atom stereocenters. The molecule has 0 saturated heterocycles. The normalized spacial score (nSPS) is 9.09. The zero-order chi connectivity index (χ0) is 8.27. The van der Waals surface area contributed by atoms with Crippen LogP contribution < -0.4 is 0 Å². The third-order valence-corrected chi connectivity index (χ3v) is 1.43. The molecular formula is C7H4NO2S. The van der Waals surface area contributed by atoms with Crippen LogP contribution in [0, 0.1) is 10.1 Å². The molecule has 0 aromatic heterocycles. The van der Waals surface area contributed by atoms with Crippen molar-refractivity contribution in [1.82, 2.24) is 0 Å². The summed E-state index contributed by atoms with van der Waals surface area (Å²) in [4.78, 5) is 9.82. The van der Waals surface area contributed by atoms with Gasteiger partial charge in [0.1, 0.15) is 0 Å².